The zero-order valence-corrected chi connectivity index (χ0v) is 9.69. The summed E-state index contributed by atoms with van der Waals surface area (Å²) < 4.78 is 13.8. The van der Waals surface area contributed by atoms with Gasteiger partial charge in [0.25, 0.3) is 0 Å². The molecule has 2 atom stereocenters. The van der Waals surface area contributed by atoms with E-state index >= 15 is 0 Å². The molecular weight excluding hydrogens is 283 g/mol. The first-order chi connectivity index (χ1) is 7.41. The van der Waals surface area contributed by atoms with Gasteiger partial charge < -0.3 is 15.3 Å². The molecule has 1 aromatic rings. The molecule has 0 aliphatic heterocycles. The summed E-state index contributed by atoms with van der Waals surface area (Å²) in [5.74, 6) is -1.96. The highest BCUT2D eigenvalue weighted by atomic mass is 79.9. The molecule has 0 aromatic heterocycles. The number of benzene rings is 1. The number of carboxylic acid groups (broad SMARTS) is 1. The van der Waals surface area contributed by atoms with Gasteiger partial charge in [0, 0.05) is 10.0 Å². The fourth-order valence-corrected chi connectivity index (χ4v) is 1.62. The van der Waals surface area contributed by atoms with Crippen molar-refractivity contribution in [3.63, 3.8) is 0 Å². The molecule has 6 heteroatoms. The minimum atomic E-state index is -1.56. The minimum absolute atomic E-state index is 0.136. The third-order valence-corrected chi connectivity index (χ3v) is 2.52. The number of hydrogen-bond donors (Lipinski definition) is 3. The van der Waals surface area contributed by atoms with E-state index in [1.54, 1.807) is 0 Å². The van der Waals surface area contributed by atoms with Gasteiger partial charge in [-0.25, -0.2) is 4.39 Å². The molecule has 0 aliphatic rings. The zero-order valence-electron chi connectivity index (χ0n) is 8.10. The highest BCUT2D eigenvalue weighted by Gasteiger charge is 2.23. The number of carboxylic acids is 1. The van der Waals surface area contributed by atoms with Crippen LogP contribution in [0.3, 0.4) is 0 Å². The average molecular weight is 293 g/mol. The standard InChI is InChI=1S/C10H10BrFO4/c11-5-1-2-7(12)6(3-5)10(16)8(13)4-9(14)15/h1-3,8,10,13,16H,4H2,(H,14,15). The van der Waals surface area contributed by atoms with Crippen LogP contribution in [0.1, 0.15) is 18.1 Å². The molecule has 0 bridgehead atoms. The van der Waals surface area contributed by atoms with Crippen LogP contribution >= 0.6 is 15.9 Å². The van der Waals surface area contributed by atoms with Crippen molar-refractivity contribution in [3.8, 4) is 0 Å². The van der Waals surface area contributed by atoms with Crippen molar-refractivity contribution in [2.45, 2.75) is 18.6 Å². The fourth-order valence-electron chi connectivity index (χ4n) is 1.24. The summed E-state index contributed by atoms with van der Waals surface area (Å²) in [5.41, 5.74) is -0.136. The van der Waals surface area contributed by atoms with Gasteiger partial charge in [-0.1, -0.05) is 15.9 Å². The quantitative estimate of drug-likeness (QED) is 0.785. The number of rotatable bonds is 4. The van der Waals surface area contributed by atoms with Gasteiger partial charge in [-0.15, -0.1) is 0 Å². The summed E-state index contributed by atoms with van der Waals surface area (Å²) in [6.07, 6.45) is -3.75. The first kappa shape index (κ1) is 13.1. The van der Waals surface area contributed by atoms with Crippen molar-refractivity contribution < 1.29 is 24.5 Å². The van der Waals surface area contributed by atoms with Crippen LogP contribution in [0.5, 0.6) is 0 Å². The first-order valence-electron chi connectivity index (χ1n) is 4.44. The van der Waals surface area contributed by atoms with E-state index in [2.05, 4.69) is 15.9 Å². The number of carbonyl (C=O) groups is 1. The van der Waals surface area contributed by atoms with E-state index in [1.807, 2.05) is 0 Å². The molecule has 0 heterocycles. The lowest BCUT2D eigenvalue weighted by molar-refractivity contribution is -0.141. The van der Waals surface area contributed by atoms with Crippen LogP contribution in [0.25, 0.3) is 0 Å². The molecule has 0 spiro atoms. The van der Waals surface area contributed by atoms with Crippen molar-refractivity contribution in [1.29, 1.82) is 0 Å². The van der Waals surface area contributed by atoms with Crippen LogP contribution < -0.4 is 0 Å². The molecule has 16 heavy (non-hydrogen) atoms. The minimum Gasteiger partial charge on any atom is -0.481 e. The highest BCUT2D eigenvalue weighted by molar-refractivity contribution is 9.10. The summed E-state index contributed by atoms with van der Waals surface area (Å²) in [6.45, 7) is 0. The molecule has 1 rings (SSSR count). The fraction of sp³-hybridized carbons (Fsp3) is 0.300. The Morgan fingerprint density at radius 1 is 1.44 bits per heavy atom. The summed E-state index contributed by atoms with van der Waals surface area (Å²) in [7, 11) is 0. The Morgan fingerprint density at radius 3 is 2.62 bits per heavy atom. The van der Waals surface area contributed by atoms with Crippen LogP contribution in [0.4, 0.5) is 4.39 Å². The van der Waals surface area contributed by atoms with Gasteiger partial charge >= 0.3 is 5.97 Å². The summed E-state index contributed by atoms with van der Waals surface area (Å²) in [6, 6.07) is 3.86. The lowest BCUT2D eigenvalue weighted by atomic mass is 10.0. The number of aliphatic hydroxyl groups excluding tert-OH is 2. The maximum atomic E-state index is 13.3. The van der Waals surface area contributed by atoms with E-state index in [9.17, 15) is 19.4 Å². The number of aliphatic carboxylic acids is 1. The lowest BCUT2D eigenvalue weighted by Gasteiger charge is -2.17. The van der Waals surface area contributed by atoms with Crippen molar-refractivity contribution in [3.05, 3.63) is 34.1 Å². The van der Waals surface area contributed by atoms with Crippen molar-refractivity contribution in [2.24, 2.45) is 0 Å². The summed E-state index contributed by atoms with van der Waals surface area (Å²) in [5, 5.41) is 27.3. The van der Waals surface area contributed by atoms with Gasteiger partial charge in [-0.3, -0.25) is 4.79 Å². The first-order valence-corrected chi connectivity index (χ1v) is 5.24. The molecule has 0 aliphatic carbocycles. The topological polar surface area (TPSA) is 77.8 Å². The molecule has 2 unspecified atom stereocenters. The van der Waals surface area contributed by atoms with Gasteiger partial charge in [0.2, 0.25) is 0 Å². The van der Waals surface area contributed by atoms with Crippen molar-refractivity contribution >= 4 is 21.9 Å². The second kappa shape index (κ2) is 5.38. The van der Waals surface area contributed by atoms with Gasteiger partial charge in [0.1, 0.15) is 11.9 Å². The Hall–Kier alpha value is -0.980. The predicted octanol–water partition coefficient (Wildman–Crippen LogP) is 1.46. The Morgan fingerprint density at radius 2 is 2.06 bits per heavy atom. The van der Waals surface area contributed by atoms with Gasteiger partial charge in [0.05, 0.1) is 12.5 Å². The largest absolute Gasteiger partial charge is 0.481 e. The van der Waals surface area contributed by atoms with Crippen molar-refractivity contribution in [2.75, 3.05) is 0 Å². The van der Waals surface area contributed by atoms with Crippen LogP contribution in [0.2, 0.25) is 0 Å². The average Bonchev–Trinajstić information content (AvgIpc) is 2.19. The predicted molar refractivity (Wildman–Crippen MR) is 57.3 cm³/mol. The Bertz CT molecular complexity index is 396. The second-order valence-corrected chi connectivity index (χ2v) is 4.19. The molecular formula is C10H10BrFO4. The number of hydrogen-bond acceptors (Lipinski definition) is 3. The van der Waals surface area contributed by atoms with Gasteiger partial charge in [-0.05, 0) is 18.2 Å². The third kappa shape index (κ3) is 3.26. The monoisotopic (exact) mass is 292 g/mol. The van der Waals surface area contributed by atoms with Crippen LogP contribution in [-0.2, 0) is 4.79 Å². The van der Waals surface area contributed by atoms with E-state index in [1.165, 1.54) is 12.1 Å². The molecule has 0 fully saturated rings. The van der Waals surface area contributed by atoms with Crippen LogP contribution in [-0.4, -0.2) is 27.4 Å². The van der Waals surface area contributed by atoms with E-state index in [-0.39, 0.29) is 5.56 Å². The van der Waals surface area contributed by atoms with Crippen LogP contribution in [0, 0.1) is 5.82 Å². The maximum absolute atomic E-state index is 13.3. The molecule has 3 N–H and O–H groups in total. The van der Waals surface area contributed by atoms with E-state index in [4.69, 9.17) is 5.11 Å². The smallest absolute Gasteiger partial charge is 0.306 e. The molecule has 0 radical (unpaired) electrons. The SMILES string of the molecule is O=C(O)CC(O)C(O)c1cc(Br)ccc1F. The molecule has 0 amide bonds. The molecule has 88 valence electrons. The third-order valence-electron chi connectivity index (χ3n) is 2.02. The van der Waals surface area contributed by atoms with Gasteiger partial charge in [-0.2, -0.15) is 0 Å². The summed E-state index contributed by atoms with van der Waals surface area (Å²) >= 11 is 3.09. The Kier molecular flexibility index (Phi) is 4.40. The molecule has 4 nitrogen and oxygen atoms in total. The Labute approximate surface area is 99.5 Å². The lowest BCUT2D eigenvalue weighted by Crippen LogP contribution is -2.22. The highest BCUT2D eigenvalue weighted by Crippen LogP contribution is 2.25. The normalized spacial score (nSPS) is 14.5. The summed E-state index contributed by atoms with van der Waals surface area (Å²) in [4.78, 5) is 10.3. The van der Waals surface area contributed by atoms with E-state index < -0.39 is 30.4 Å². The number of halogens is 2. The number of aliphatic hydroxyl groups is 2. The maximum Gasteiger partial charge on any atom is 0.306 e. The van der Waals surface area contributed by atoms with E-state index in [0.717, 1.165) is 6.07 Å². The second-order valence-electron chi connectivity index (χ2n) is 3.28. The van der Waals surface area contributed by atoms with Crippen molar-refractivity contribution in [1.82, 2.24) is 0 Å². The van der Waals surface area contributed by atoms with Crippen LogP contribution in [0.15, 0.2) is 22.7 Å². The van der Waals surface area contributed by atoms with E-state index in [0.29, 0.717) is 4.47 Å². The molecule has 0 saturated carbocycles. The zero-order chi connectivity index (χ0) is 12.3. The Balaban J connectivity index is 2.90. The molecule has 1 aromatic carbocycles. The van der Waals surface area contributed by atoms with Gasteiger partial charge in [0.15, 0.2) is 0 Å². The molecule has 0 saturated heterocycles.